The van der Waals surface area contributed by atoms with Crippen molar-refractivity contribution in [3.63, 3.8) is 0 Å². The smallest absolute Gasteiger partial charge is 0.244 e. The van der Waals surface area contributed by atoms with E-state index in [-0.39, 0.29) is 10.9 Å². The Morgan fingerprint density at radius 2 is 2.19 bits per heavy atom. The molecule has 1 atom stereocenters. The van der Waals surface area contributed by atoms with Gasteiger partial charge in [-0.2, -0.15) is 9.57 Å². The monoisotopic (exact) mass is 311 g/mol. The van der Waals surface area contributed by atoms with E-state index in [2.05, 4.69) is 0 Å². The van der Waals surface area contributed by atoms with Crippen molar-refractivity contribution in [2.75, 3.05) is 27.2 Å². The predicted molar refractivity (Wildman–Crippen MR) is 76.6 cm³/mol. The molecular weight excluding hydrogens is 293 g/mol. The second kappa shape index (κ2) is 6.10. The average molecular weight is 311 g/mol. The molecule has 0 radical (unpaired) electrons. The molecule has 5 nitrogen and oxygen atoms in total. The first kappa shape index (κ1) is 15.9. The zero-order chi connectivity index (χ0) is 15.6. The van der Waals surface area contributed by atoms with E-state index in [0.29, 0.717) is 13.1 Å². The van der Waals surface area contributed by atoms with E-state index >= 15 is 0 Å². The average Bonchev–Trinajstić information content (AvgIpc) is 2.86. The van der Waals surface area contributed by atoms with E-state index in [9.17, 15) is 12.8 Å². The van der Waals surface area contributed by atoms with Crippen LogP contribution in [0.25, 0.3) is 0 Å². The van der Waals surface area contributed by atoms with Crippen LogP contribution in [0.15, 0.2) is 23.1 Å². The van der Waals surface area contributed by atoms with Gasteiger partial charge in [-0.1, -0.05) is 6.07 Å². The first-order chi connectivity index (χ1) is 9.87. The van der Waals surface area contributed by atoms with Gasteiger partial charge in [0.15, 0.2) is 0 Å². The van der Waals surface area contributed by atoms with Crippen molar-refractivity contribution in [2.24, 2.45) is 0 Å². The number of likely N-dealkylation sites (N-methyl/N-ethyl adjacent to an activating group) is 1. The summed E-state index contributed by atoms with van der Waals surface area (Å²) in [5.74, 6) is -0.804. The molecule has 114 valence electrons. The lowest BCUT2D eigenvalue weighted by atomic mass is 10.2. The molecule has 0 saturated carbocycles. The van der Waals surface area contributed by atoms with Crippen molar-refractivity contribution in [1.82, 2.24) is 9.21 Å². The summed E-state index contributed by atoms with van der Waals surface area (Å²) in [7, 11) is -0.0927. The van der Waals surface area contributed by atoms with E-state index in [0.717, 1.165) is 18.9 Å². The van der Waals surface area contributed by atoms with Gasteiger partial charge >= 0.3 is 0 Å². The van der Waals surface area contributed by atoms with E-state index in [4.69, 9.17) is 5.26 Å². The highest BCUT2D eigenvalue weighted by molar-refractivity contribution is 7.89. The largest absolute Gasteiger partial charge is 0.308 e. The van der Waals surface area contributed by atoms with Gasteiger partial charge in [0.2, 0.25) is 10.0 Å². The Kier molecular flexibility index (Phi) is 4.61. The minimum absolute atomic E-state index is 0.139. The van der Waals surface area contributed by atoms with Crippen LogP contribution >= 0.6 is 0 Å². The molecule has 1 unspecified atom stereocenters. The minimum atomic E-state index is -3.85. The van der Waals surface area contributed by atoms with Crippen LogP contribution in [0, 0.1) is 17.1 Å². The molecule has 1 aromatic carbocycles. The normalized spacial score (nSPS) is 19.9. The van der Waals surface area contributed by atoms with Crippen molar-refractivity contribution in [2.45, 2.75) is 23.8 Å². The number of nitriles is 1. The van der Waals surface area contributed by atoms with Crippen LogP contribution in [0.4, 0.5) is 4.39 Å². The SMILES string of the molecule is CN(C)CC1CCCN1S(=O)(=O)c1cccc(F)c1C#N. The molecule has 1 fully saturated rings. The minimum Gasteiger partial charge on any atom is -0.308 e. The van der Waals surface area contributed by atoms with Crippen molar-refractivity contribution >= 4 is 10.0 Å². The van der Waals surface area contributed by atoms with Crippen molar-refractivity contribution in [1.29, 1.82) is 5.26 Å². The Bertz CT molecular complexity index is 667. The number of sulfonamides is 1. The lowest BCUT2D eigenvalue weighted by molar-refractivity contribution is 0.291. The molecule has 7 heteroatoms. The fraction of sp³-hybridized carbons (Fsp3) is 0.500. The highest BCUT2D eigenvalue weighted by Crippen LogP contribution is 2.28. The molecule has 2 rings (SSSR count). The molecule has 1 aromatic rings. The van der Waals surface area contributed by atoms with Crippen LogP contribution in [-0.2, 0) is 10.0 Å². The van der Waals surface area contributed by atoms with Crippen LogP contribution in [0.5, 0.6) is 0 Å². The van der Waals surface area contributed by atoms with Crippen molar-refractivity contribution in [3.8, 4) is 6.07 Å². The maximum atomic E-state index is 13.7. The van der Waals surface area contributed by atoms with Gasteiger partial charge in [-0.25, -0.2) is 12.8 Å². The Morgan fingerprint density at radius 1 is 1.48 bits per heavy atom. The summed E-state index contributed by atoms with van der Waals surface area (Å²) >= 11 is 0. The van der Waals surface area contributed by atoms with Gasteiger partial charge in [0, 0.05) is 19.1 Å². The number of hydrogen-bond acceptors (Lipinski definition) is 4. The van der Waals surface area contributed by atoms with Crippen molar-refractivity contribution in [3.05, 3.63) is 29.6 Å². The van der Waals surface area contributed by atoms with E-state index in [1.807, 2.05) is 19.0 Å². The highest BCUT2D eigenvalue weighted by atomic mass is 32.2. The number of hydrogen-bond donors (Lipinski definition) is 0. The van der Waals surface area contributed by atoms with E-state index < -0.39 is 21.4 Å². The van der Waals surface area contributed by atoms with Gasteiger partial charge in [0.1, 0.15) is 22.3 Å². The fourth-order valence-electron chi connectivity index (χ4n) is 2.68. The molecule has 0 amide bonds. The van der Waals surface area contributed by atoms with Gasteiger partial charge < -0.3 is 4.90 Å². The van der Waals surface area contributed by atoms with Crippen molar-refractivity contribution < 1.29 is 12.8 Å². The number of nitrogens with zero attached hydrogens (tertiary/aromatic N) is 3. The summed E-state index contributed by atoms with van der Waals surface area (Å²) in [6.07, 6.45) is 1.55. The van der Waals surface area contributed by atoms with Gasteiger partial charge in [-0.3, -0.25) is 0 Å². The van der Waals surface area contributed by atoms with Crippen LogP contribution in [0.3, 0.4) is 0 Å². The molecule has 1 heterocycles. The lowest BCUT2D eigenvalue weighted by Crippen LogP contribution is -2.41. The Labute approximate surface area is 124 Å². The van der Waals surface area contributed by atoms with Gasteiger partial charge in [0.05, 0.1) is 0 Å². The summed E-state index contributed by atoms with van der Waals surface area (Å²) in [6, 6.07) is 5.23. The topological polar surface area (TPSA) is 64.4 Å². The second-order valence-corrected chi connectivity index (χ2v) is 7.26. The quantitative estimate of drug-likeness (QED) is 0.843. The van der Waals surface area contributed by atoms with Gasteiger partial charge in [-0.15, -0.1) is 0 Å². The molecule has 0 spiro atoms. The predicted octanol–water partition coefficient (Wildman–Crippen LogP) is 1.41. The zero-order valence-electron chi connectivity index (χ0n) is 12.1. The molecule has 1 aliphatic rings. The van der Waals surface area contributed by atoms with Crippen LogP contribution in [-0.4, -0.2) is 50.8 Å². The van der Waals surface area contributed by atoms with Gasteiger partial charge in [-0.05, 0) is 39.1 Å². The Hall–Kier alpha value is -1.49. The summed E-state index contributed by atoms with van der Waals surface area (Å²) in [4.78, 5) is 1.69. The molecule has 0 N–H and O–H groups in total. The number of halogens is 1. The summed E-state index contributed by atoms with van der Waals surface area (Å²) in [6.45, 7) is 1.01. The number of rotatable bonds is 4. The highest BCUT2D eigenvalue weighted by Gasteiger charge is 2.37. The third-order valence-corrected chi connectivity index (χ3v) is 5.57. The molecule has 1 aliphatic heterocycles. The first-order valence-electron chi connectivity index (χ1n) is 6.73. The third kappa shape index (κ3) is 3.07. The standard InChI is InChI=1S/C14H18FN3O2S/c1-17(2)10-11-5-4-8-18(11)21(19,20)14-7-3-6-13(15)12(14)9-16/h3,6-7,11H,4-5,8,10H2,1-2H3. The molecule has 0 bridgehead atoms. The lowest BCUT2D eigenvalue weighted by Gasteiger charge is -2.26. The molecule has 0 aromatic heterocycles. The van der Waals surface area contributed by atoms with E-state index in [1.165, 1.54) is 16.4 Å². The Balaban J connectivity index is 2.43. The molecule has 1 saturated heterocycles. The van der Waals surface area contributed by atoms with Crippen LogP contribution in [0.1, 0.15) is 18.4 Å². The van der Waals surface area contributed by atoms with Crippen LogP contribution < -0.4 is 0 Å². The fourth-order valence-corrected chi connectivity index (χ4v) is 4.52. The van der Waals surface area contributed by atoms with Gasteiger partial charge in [0.25, 0.3) is 0 Å². The molecule has 0 aliphatic carbocycles. The maximum absolute atomic E-state index is 13.7. The molecule has 21 heavy (non-hydrogen) atoms. The van der Waals surface area contributed by atoms with E-state index in [1.54, 1.807) is 6.07 Å². The zero-order valence-corrected chi connectivity index (χ0v) is 12.9. The Morgan fingerprint density at radius 3 is 2.81 bits per heavy atom. The third-order valence-electron chi connectivity index (χ3n) is 3.57. The number of benzene rings is 1. The van der Waals surface area contributed by atoms with Crippen LogP contribution in [0.2, 0.25) is 0 Å². The maximum Gasteiger partial charge on any atom is 0.244 e. The molecular formula is C14H18FN3O2S. The summed E-state index contributed by atoms with van der Waals surface area (Å²) < 4.78 is 40.5. The second-order valence-electron chi connectivity index (χ2n) is 5.40. The first-order valence-corrected chi connectivity index (χ1v) is 8.17. The summed E-state index contributed by atoms with van der Waals surface area (Å²) in [5, 5.41) is 9.04. The summed E-state index contributed by atoms with van der Waals surface area (Å²) in [5.41, 5.74) is -0.409.